The monoisotopic (exact) mass is 346 g/mol. The summed E-state index contributed by atoms with van der Waals surface area (Å²) in [6, 6.07) is 13.3. The summed E-state index contributed by atoms with van der Waals surface area (Å²) in [7, 11) is 0. The van der Waals surface area contributed by atoms with Crippen LogP contribution in [0.1, 0.15) is 16.9 Å². The predicted molar refractivity (Wildman–Crippen MR) is 84.4 cm³/mol. The highest BCUT2D eigenvalue weighted by molar-refractivity contribution is 9.10. The summed E-state index contributed by atoms with van der Waals surface area (Å²) >= 11 is 3.34. The molecule has 1 atom stereocenters. The minimum absolute atomic E-state index is 0.0605. The van der Waals surface area contributed by atoms with Gasteiger partial charge in [-0.05, 0) is 46.6 Å². The maximum absolute atomic E-state index is 12.8. The fraction of sp³-hybridized carbons (Fsp3) is 0.250. The maximum atomic E-state index is 12.8. The van der Waals surface area contributed by atoms with E-state index in [0.717, 1.165) is 16.6 Å². The fourth-order valence-corrected chi connectivity index (χ4v) is 2.67. The van der Waals surface area contributed by atoms with Crippen molar-refractivity contribution in [3.05, 3.63) is 58.8 Å². The van der Waals surface area contributed by atoms with Crippen molar-refractivity contribution in [2.45, 2.75) is 12.5 Å². The van der Waals surface area contributed by atoms with E-state index in [4.69, 9.17) is 4.74 Å². The largest absolute Gasteiger partial charge is 0.379 e. The minimum atomic E-state index is -0.0933. The van der Waals surface area contributed by atoms with Crippen molar-refractivity contribution in [3.8, 4) is 0 Å². The van der Waals surface area contributed by atoms with Crippen molar-refractivity contribution in [2.24, 2.45) is 0 Å². The van der Waals surface area contributed by atoms with E-state index in [-0.39, 0.29) is 11.9 Å². The molecule has 3 rings (SSSR count). The molecule has 1 amide bonds. The second-order valence-electron chi connectivity index (χ2n) is 4.89. The van der Waals surface area contributed by atoms with Crippen LogP contribution in [0.4, 0.5) is 5.69 Å². The van der Waals surface area contributed by atoms with E-state index in [1.807, 2.05) is 36.4 Å². The van der Waals surface area contributed by atoms with E-state index >= 15 is 0 Å². The molecule has 1 saturated heterocycles. The van der Waals surface area contributed by atoms with Crippen LogP contribution in [0.15, 0.2) is 53.1 Å². The number of pyridine rings is 1. The molecule has 4 nitrogen and oxygen atoms in total. The molecule has 1 aliphatic rings. The molecule has 1 aromatic heterocycles. The minimum Gasteiger partial charge on any atom is -0.379 e. The number of carbonyl (C=O) groups excluding carboxylic acids is 1. The maximum Gasteiger partial charge on any atom is 0.277 e. The number of benzene rings is 1. The zero-order chi connectivity index (χ0) is 14.7. The number of carbonyl (C=O) groups is 1. The third-order valence-electron chi connectivity index (χ3n) is 3.47. The molecule has 0 radical (unpaired) electrons. The van der Waals surface area contributed by atoms with Crippen molar-refractivity contribution in [3.63, 3.8) is 0 Å². The third-order valence-corrected chi connectivity index (χ3v) is 3.94. The highest BCUT2D eigenvalue weighted by Gasteiger charge is 2.29. The van der Waals surface area contributed by atoms with Gasteiger partial charge in [0.25, 0.3) is 5.91 Å². The Balaban J connectivity index is 1.94. The Hall–Kier alpha value is -1.72. The molecule has 1 aromatic carbocycles. The Morgan fingerprint density at radius 1 is 1.24 bits per heavy atom. The zero-order valence-electron chi connectivity index (χ0n) is 11.4. The van der Waals surface area contributed by atoms with Gasteiger partial charge in [0.05, 0.1) is 12.6 Å². The van der Waals surface area contributed by atoms with Crippen LogP contribution in [0.25, 0.3) is 0 Å². The average Bonchev–Trinajstić information content (AvgIpc) is 3.03. The Kier molecular flexibility index (Phi) is 4.31. The van der Waals surface area contributed by atoms with Gasteiger partial charge in [-0.1, -0.05) is 18.2 Å². The summed E-state index contributed by atoms with van der Waals surface area (Å²) in [5, 5.41) is 0. The number of anilines is 1. The summed E-state index contributed by atoms with van der Waals surface area (Å²) in [5.74, 6) is -0.0933. The van der Waals surface area contributed by atoms with Crippen LogP contribution in [0.3, 0.4) is 0 Å². The normalized spacial score (nSPS) is 17.7. The molecule has 2 aromatic rings. The van der Waals surface area contributed by atoms with Crippen molar-refractivity contribution < 1.29 is 9.53 Å². The van der Waals surface area contributed by atoms with Crippen molar-refractivity contribution in [1.29, 1.82) is 0 Å². The summed E-state index contributed by atoms with van der Waals surface area (Å²) in [5.41, 5.74) is 1.32. The lowest BCUT2D eigenvalue weighted by atomic mass is 10.1. The number of hydrogen-bond acceptors (Lipinski definition) is 3. The summed E-state index contributed by atoms with van der Waals surface area (Å²) in [4.78, 5) is 18.8. The number of nitrogens with zero attached hydrogens (tertiary/aromatic N) is 2. The Bertz CT molecular complexity index is 610. The van der Waals surface area contributed by atoms with E-state index in [1.165, 1.54) is 0 Å². The first kappa shape index (κ1) is 14.2. The second kappa shape index (κ2) is 6.37. The van der Waals surface area contributed by atoms with Crippen LogP contribution >= 0.6 is 15.9 Å². The van der Waals surface area contributed by atoms with Gasteiger partial charge in [0, 0.05) is 23.0 Å². The first-order chi connectivity index (χ1) is 10.3. The van der Waals surface area contributed by atoms with Crippen LogP contribution in [-0.4, -0.2) is 30.1 Å². The first-order valence-electron chi connectivity index (χ1n) is 6.83. The van der Waals surface area contributed by atoms with Gasteiger partial charge in [-0.3, -0.25) is 4.79 Å². The van der Waals surface area contributed by atoms with Crippen molar-refractivity contribution >= 4 is 27.5 Å². The molecule has 5 heteroatoms. The zero-order valence-corrected chi connectivity index (χ0v) is 13.0. The predicted octanol–water partition coefficient (Wildman–Crippen LogP) is 3.28. The molecule has 0 bridgehead atoms. The SMILES string of the molecule is O=C(c1ccc(Br)cn1)N(c1ccccc1)C1CCOC1. The first-order valence-corrected chi connectivity index (χ1v) is 7.63. The molecule has 1 unspecified atom stereocenters. The van der Waals surface area contributed by atoms with E-state index in [1.54, 1.807) is 17.2 Å². The van der Waals surface area contributed by atoms with Gasteiger partial charge in [-0.15, -0.1) is 0 Å². The van der Waals surface area contributed by atoms with Gasteiger partial charge in [0.1, 0.15) is 5.69 Å². The van der Waals surface area contributed by atoms with Gasteiger partial charge in [-0.25, -0.2) is 4.98 Å². The van der Waals surface area contributed by atoms with Crippen LogP contribution < -0.4 is 4.90 Å². The highest BCUT2D eigenvalue weighted by atomic mass is 79.9. The lowest BCUT2D eigenvalue weighted by Crippen LogP contribution is -2.41. The van der Waals surface area contributed by atoms with Gasteiger partial charge < -0.3 is 9.64 Å². The second-order valence-corrected chi connectivity index (χ2v) is 5.81. The molecule has 0 spiro atoms. The molecule has 0 N–H and O–H groups in total. The summed E-state index contributed by atoms with van der Waals surface area (Å²) in [6.07, 6.45) is 2.48. The molecule has 0 saturated carbocycles. The quantitative estimate of drug-likeness (QED) is 0.856. The van der Waals surface area contributed by atoms with Gasteiger partial charge >= 0.3 is 0 Å². The number of amides is 1. The standard InChI is InChI=1S/C16H15BrN2O2/c17-12-6-7-15(18-10-12)16(20)19(14-8-9-21-11-14)13-4-2-1-3-5-13/h1-7,10,14H,8-9,11H2. The topological polar surface area (TPSA) is 42.4 Å². The number of aromatic nitrogens is 1. The Morgan fingerprint density at radius 2 is 2.05 bits per heavy atom. The number of rotatable bonds is 3. The van der Waals surface area contributed by atoms with Gasteiger partial charge in [-0.2, -0.15) is 0 Å². The Morgan fingerprint density at radius 3 is 2.67 bits per heavy atom. The molecule has 21 heavy (non-hydrogen) atoms. The average molecular weight is 347 g/mol. The molecule has 1 fully saturated rings. The Labute approximate surface area is 131 Å². The summed E-state index contributed by atoms with van der Waals surface area (Å²) < 4.78 is 6.30. The van der Waals surface area contributed by atoms with Crippen LogP contribution in [0.5, 0.6) is 0 Å². The number of hydrogen-bond donors (Lipinski definition) is 0. The van der Waals surface area contributed by atoms with Crippen LogP contribution in [0.2, 0.25) is 0 Å². The van der Waals surface area contributed by atoms with Crippen molar-refractivity contribution in [2.75, 3.05) is 18.1 Å². The highest BCUT2D eigenvalue weighted by Crippen LogP contribution is 2.24. The fourth-order valence-electron chi connectivity index (χ4n) is 2.43. The number of ether oxygens (including phenoxy) is 1. The lowest BCUT2D eigenvalue weighted by Gasteiger charge is -2.27. The number of halogens is 1. The molecule has 2 heterocycles. The van der Waals surface area contributed by atoms with E-state index in [0.29, 0.717) is 18.9 Å². The van der Waals surface area contributed by atoms with E-state index in [2.05, 4.69) is 20.9 Å². The molecular weight excluding hydrogens is 332 g/mol. The number of para-hydroxylation sites is 1. The van der Waals surface area contributed by atoms with E-state index in [9.17, 15) is 4.79 Å². The molecule has 1 aliphatic heterocycles. The van der Waals surface area contributed by atoms with Gasteiger partial charge in [0.15, 0.2) is 0 Å². The molecule has 0 aliphatic carbocycles. The summed E-state index contributed by atoms with van der Waals surface area (Å²) in [6.45, 7) is 1.26. The lowest BCUT2D eigenvalue weighted by molar-refractivity contribution is 0.0967. The smallest absolute Gasteiger partial charge is 0.277 e. The molecule has 108 valence electrons. The molecular formula is C16H15BrN2O2. The third kappa shape index (κ3) is 3.14. The van der Waals surface area contributed by atoms with E-state index < -0.39 is 0 Å². The van der Waals surface area contributed by atoms with Crippen LogP contribution in [0, 0.1) is 0 Å². The van der Waals surface area contributed by atoms with Crippen LogP contribution in [-0.2, 0) is 4.74 Å². The van der Waals surface area contributed by atoms with Gasteiger partial charge in [0.2, 0.25) is 0 Å². The van der Waals surface area contributed by atoms with Crippen molar-refractivity contribution in [1.82, 2.24) is 4.98 Å².